The fourth-order valence-corrected chi connectivity index (χ4v) is 4.27. The second kappa shape index (κ2) is 12.0. The molecule has 0 saturated carbocycles. The van der Waals surface area contributed by atoms with Crippen molar-refractivity contribution in [1.29, 1.82) is 0 Å². The van der Waals surface area contributed by atoms with Gasteiger partial charge in [0.1, 0.15) is 17.2 Å². The van der Waals surface area contributed by atoms with Crippen LogP contribution >= 0.6 is 12.6 Å². The summed E-state index contributed by atoms with van der Waals surface area (Å²) in [6.45, 7) is 2.83. The zero-order valence-corrected chi connectivity index (χ0v) is 23.8. The van der Waals surface area contributed by atoms with Gasteiger partial charge in [-0.3, -0.25) is 4.79 Å². The summed E-state index contributed by atoms with van der Waals surface area (Å²) in [4.78, 5) is 17.4. The SMILES string of the molecule is COc1ccc(-c2noc(C(C)(C)O)n2)cc1C(=O)N/C(=C\c1ccc(F)c(C(F)(F)F)c1)c1ccc(C(F)(F)F)cc1S. The summed E-state index contributed by atoms with van der Waals surface area (Å²) >= 11 is 4.12. The number of nitrogens with one attached hydrogen (secondary N) is 1. The first-order valence-corrected chi connectivity index (χ1v) is 12.9. The molecule has 232 valence electrons. The normalized spacial score (nSPS) is 12.8. The summed E-state index contributed by atoms with van der Waals surface area (Å²) in [7, 11) is 1.27. The second-order valence-electron chi connectivity index (χ2n) is 9.88. The Balaban J connectivity index is 1.82. The smallest absolute Gasteiger partial charge is 0.419 e. The third kappa shape index (κ3) is 7.22. The van der Waals surface area contributed by atoms with Crippen LogP contribution in [0.15, 0.2) is 64.0 Å². The molecule has 44 heavy (non-hydrogen) atoms. The minimum absolute atomic E-state index is 0.000898. The number of carbonyl (C=O) groups is 1. The van der Waals surface area contributed by atoms with Gasteiger partial charge in [0, 0.05) is 21.7 Å². The number of aliphatic hydroxyl groups is 1. The number of rotatable bonds is 7. The first kappa shape index (κ1) is 32.5. The monoisotopic (exact) mass is 641 g/mol. The molecule has 0 radical (unpaired) electrons. The van der Waals surface area contributed by atoms with E-state index < -0.39 is 40.8 Å². The van der Waals surface area contributed by atoms with Gasteiger partial charge in [-0.05, 0) is 68.0 Å². The van der Waals surface area contributed by atoms with Crippen molar-refractivity contribution in [2.45, 2.75) is 36.7 Å². The molecule has 0 aliphatic rings. The predicted molar refractivity (Wildman–Crippen MR) is 147 cm³/mol. The van der Waals surface area contributed by atoms with Crippen molar-refractivity contribution in [2.24, 2.45) is 0 Å². The third-order valence-corrected chi connectivity index (χ3v) is 6.49. The fourth-order valence-electron chi connectivity index (χ4n) is 3.94. The Bertz CT molecular complexity index is 1740. The zero-order chi connectivity index (χ0) is 32.6. The summed E-state index contributed by atoms with van der Waals surface area (Å²) in [5, 5.41) is 16.4. The Kier molecular flexibility index (Phi) is 8.85. The molecule has 1 amide bonds. The number of aromatic nitrogens is 2. The van der Waals surface area contributed by atoms with E-state index in [0.29, 0.717) is 24.3 Å². The Labute approximate surface area is 250 Å². The van der Waals surface area contributed by atoms with E-state index in [0.717, 1.165) is 18.2 Å². The Morgan fingerprint density at radius 1 is 0.977 bits per heavy atom. The highest BCUT2D eigenvalue weighted by molar-refractivity contribution is 7.80. The largest absolute Gasteiger partial charge is 0.496 e. The Morgan fingerprint density at radius 2 is 1.68 bits per heavy atom. The van der Waals surface area contributed by atoms with Gasteiger partial charge in [0.15, 0.2) is 0 Å². The number of alkyl halides is 6. The molecular formula is C29H22F7N3O4S. The molecule has 0 spiro atoms. The zero-order valence-electron chi connectivity index (χ0n) is 22.9. The number of ether oxygens (including phenoxy) is 1. The number of nitrogens with zero attached hydrogens (tertiary/aromatic N) is 2. The lowest BCUT2D eigenvalue weighted by Crippen LogP contribution is -2.23. The van der Waals surface area contributed by atoms with Crippen LogP contribution in [-0.2, 0) is 18.0 Å². The van der Waals surface area contributed by atoms with E-state index >= 15 is 0 Å². The lowest BCUT2D eigenvalue weighted by molar-refractivity contribution is -0.140. The Morgan fingerprint density at radius 3 is 2.25 bits per heavy atom. The second-order valence-corrected chi connectivity index (χ2v) is 10.4. The quantitative estimate of drug-likeness (QED) is 0.111. The van der Waals surface area contributed by atoms with E-state index in [2.05, 4.69) is 28.1 Å². The van der Waals surface area contributed by atoms with Crippen LogP contribution in [0.2, 0.25) is 0 Å². The van der Waals surface area contributed by atoms with Gasteiger partial charge in [-0.1, -0.05) is 17.3 Å². The molecule has 15 heteroatoms. The fraction of sp³-hybridized carbons (Fsp3) is 0.207. The lowest BCUT2D eigenvalue weighted by Gasteiger charge is -2.17. The number of halogens is 7. The maximum atomic E-state index is 13.9. The number of amides is 1. The van der Waals surface area contributed by atoms with Crippen molar-refractivity contribution in [2.75, 3.05) is 7.11 Å². The van der Waals surface area contributed by atoms with Crippen LogP contribution in [-0.4, -0.2) is 28.3 Å². The number of thiol groups is 1. The molecular weight excluding hydrogens is 619 g/mol. The molecule has 7 nitrogen and oxygen atoms in total. The highest BCUT2D eigenvalue weighted by Crippen LogP contribution is 2.36. The summed E-state index contributed by atoms with van der Waals surface area (Å²) in [6.07, 6.45) is -8.75. The van der Waals surface area contributed by atoms with Crippen LogP contribution in [0.1, 0.15) is 52.3 Å². The van der Waals surface area contributed by atoms with Crippen LogP contribution in [0.3, 0.4) is 0 Å². The topological polar surface area (TPSA) is 97.5 Å². The molecule has 2 N–H and O–H groups in total. The van der Waals surface area contributed by atoms with Crippen molar-refractivity contribution >= 4 is 30.3 Å². The van der Waals surface area contributed by atoms with Crippen molar-refractivity contribution in [3.8, 4) is 17.1 Å². The number of carbonyl (C=O) groups excluding carboxylic acids is 1. The average molecular weight is 642 g/mol. The van der Waals surface area contributed by atoms with Crippen molar-refractivity contribution < 1.29 is 49.9 Å². The Hall–Kier alpha value is -4.37. The van der Waals surface area contributed by atoms with E-state index in [-0.39, 0.29) is 50.3 Å². The highest BCUT2D eigenvalue weighted by atomic mass is 32.1. The highest BCUT2D eigenvalue weighted by Gasteiger charge is 2.34. The van der Waals surface area contributed by atoms with Crippen LogP contribution in [0.5, 0.6) is 5.75 Å². The summed E-state index contributed by atoms with van der Waals surface area (Å²) in [6, 6.07) is 8.62. The first-order valence-electron chi connectivity index (χ1n) is 12.4. The van der Waals surface area contributed by atoms with E-state index in [1.54, 1.807) is 0 Å². The summed E-state index contributed by atoms with van der Waals surface area (Å²) < 4.78 is 104. The molecule has 4 aromatic rings. The maximum absolute atomic E-state index is 13.9. The van der Waals surface area contributed by atoms with Crippen LogP contribution in [0.25, 0.3) is 23.2 Å². The van der Waals surface area contributed by atoms with E-state index in [4.69, 9.17) is 9.26 Å². The molecule has 3 aromatic carbocycles. The molecule has 0 aliphatic carbocycles. The van der Waals surface area contributed by atoms with Gasteiger partial charge in [0.25, 0.3) is 11.8 Å². The molecule has 0 aliphatic heterocycles. The number of benzene rings is 3. The summed E-state index contributed by atoms with van der Waals surface area (Å²) in [5.74, 6) is -2.51. The minimum Gasteiger partial charge on any atom is -0.496 e. The van der Waals surface area contributed by atoms with Gasteiger partial charge in [0.05, 0.1) is 23.8 Å². The van der Waals surface area contributed by atoms with Crippen molar-refractivity contribution in [3.05, 3.63) is 94.1 Å². The lowest BCUT2D eigenvalue weighted by atomic mass is 10.0. The van der Waals surface area contributed by atoms with Gasteiger partial charge in [-0.15, -0.1) is 12.6 Å². The molecule has 1 heterocycles. The van der Waals surface area contributed by atoms with Crippen LogP contribution in [0.4, 0.5) is 30.7 Å². The standard InChI is InChI=1S/C29H22F7N3O4S/c1-27(2,41)26-38-24(39-43-26)15-5-9-22(42-3)18(12-15)25(40)37-21(17-7-6-16(13-23(17)44)28(31,32)33)11-14-4-8-20(30)19(10-14)29(34,35)36/h4-13,41,44H,1-3H3,(H,37,40)/b21-11-. The maximum Gasteiger partial charge on any atom is 0.419 e. The van der Waals surface area contributed by atoms with Crippen molar-refractivity contribution in [1.82, 2.24) is 15.5 Å². The summed E-state index contributed by atoms with van der Waals surface area (Å²) in [5.41, 5.74) is -4.57. The van der Waals surface area contributed by atoms with Crippen LogP contribution < -0.4 is 10.1 Å². The van der Waals surface area contributed by atoms with Crippen LogP contribution in [0, 0.1) is 5.82 Å². The van der Waals surface area contributed by atoms with E-state index in [1.807, 2.05) is 0 Å². The molecule has 0 bridgehead atoms. The van der Waals surface area contributed by atoms with E-state index in [1.165, 1.54) is 39.2 Å². The van der Waals surface area contributed by atoms with Gasteiger partial charge < -0.3 is 19.7 Å². The van der Waals surface area contributed by atoms with Crippen molar-refractivity contribution in [3.63, 3.8) is 0 Å². The van der Waals surface area contributed by atoms with Gasteiger partial charge >= 0.3 is 12.4 Å². The molecule has 4 rings (SSSR count). The van der Waals surface area contributed by atoms with E-state index in [9.17, 15) is 40.6 Å². The molecule has 0 fully saturated rings. The molecule has 1 aromatic heterocycles. The molecule has 0 saturated heterocycles. The number of hydrogen-bond acceptors (Lipinski definition) is 7. The number of hydrogen-bond donors (Lipinski definition) is 3. The molecule has 0 atom stereocenters. The molecule has 0 unspecified atom stereocenters. The average Bonchev–Trinajstić information content (AvgIpc) is 3.43. The minimum atomic E-state index is -5.05. The predicted octanol–water partition coefficient (Wildman–Crippen LogP) is 7.37. The number of methoxy groups -OCH3 is 1. The van der Waals surface area contributed by atoms with Gasteiger partial charge in [0.2, 0.25) is 5.82 Å². The first-order chi connectivity index (χ1) is 20.4. The van der Waals surface area contributed by atoms with Gasteiger partial charge in [-0.25, -0.2) is 4.39 Å². The van der Waals surface area contributed by atoms with Gasteiger partial charge in [-0.2, -0.15) is 31.3 Å². The third-order valence-electron chi connectivity index (χ3n) is 6.12.